The number of hydrogen-bond donors (Lipinski definition) is 0. The molecule has 1 aliphatic rings. The maximum Gasteiger partial charge on any atom is 0.222 e. The first-order valence-electron chi connectivity index (χ1n) is 10.7. The number of carbonyl (C=O) groups excluding carboxylic acids is 1. The minimum absolute atomic E-state index is 0.222. The van der Waals surface area contributed by atoms with Gasteiger partial charge in [0.15, 0.2) is 5.13 Å². The summed E-state index contributed by atoms with van der Waals surface area (Å²) in [5.41, 5.74) is 3.54. The van der Waals surface area contributed by atoms with E-state index < -0.39 is 0 Å². The number of thiazole rings is 1. The van der Waals surface area contributed by atoms with Crippen molar-refractivity contribution in [3.63, 3.8) is 0 Å². The van der Waals surface area contributed by atoms with Crippen LogP contribution >= 0.6 is 11.3 Å². The predicted molar refractivity (Wildman–Crippen MR) is 124 cm³/mol. The van der Waals surface area contributed by atoms with Gasteiger partial charge in [-0.2, -0.15) is 0 Å². The van der Waals surface area contributed by atoms with Crippen LogP contribution in [0.5, 0.6) is 5.75 Å². The van der Waals surface area contributed by atoms with Gasteiger partial charge in [0.05, 0.1) is 16.8 Å². The van der Waals surface area contributed by atoms with Crippen LogP contribution in [-0.2, 0) is 11.2 Å². The molecule has 0 atom stereocenters. The molecule has 4 rings (SSSR count). The normalized spacial score (nSPS) is 14.3. The summed E-state index contributed by atoms with van der Waals surface area (Å²) in [7, 11) is 0. The lowest BCUT2D eigenvalue weighted by molar-refractivity contribution is -0.131. The molecule has 0 unspecified atom stereocenters. The van der Waals surface area contributed by atoms with E-state index in [2.05, 4.69) is 30.0 Å². The van der Waals surface area contributed by atoms with E-state index in [9.17, 15) is 4.79 Å². The van der Waals surface area contributed by atoms with Crippen molar-refractivity contribution in [3.05, 3.63) is 53.6 Å². The van der Waals surface area contributed by atoms with Crippen molar-refractivity contribution in [1.29, 1.82) is 0 Å². The third kappa shape index (κ3) is 4.75. The Morgan fingerprint density at radius 3 is 2.70 bits per heavy atom. The summed E-state index contributed by atoms with van der Waals surface area (Å²) in [5, 5.41) is 1.07. The van der Waals surface area contributed by atoms with Crippen molar-refractivity contribution in [2.75, 3.05) is 37.7 Å². The summed E-state index contributed by atoms with van der Waals surface area (Å²) in [6, 6.07) is 14.5. The molecule has 5 nitrogen and oxygen atoms in total. The number of aryl methyl sites for hydroxylation is 2. The Balaban J connectivity index is 1.24. The predicted octanol–water partition coefficient (Wildman–Crippen LogP) is 4.67. The molecule has 0 N–H and O–H groups in total. The van der Waals surface area contributed by atoms with Gasteiger partial charge in [0.1, 0.15) is 5.75 Å². The third-order valence-corrected chi connectivity index (χ3v) is 6.72. The van der Waals surface area contributed by atoms with E-state index in [0.717, 1.165) is 61.0 Å². The van der Waals surface area contributed by atoms with E-state index in [-0.39, 0.29) is 5.91 Å². The van der Waals surface area contributed by atoms with Crippen molar-refractivity contribution in [2.24, 2.45) is 0 Å². The van der Waals surface area contributed by atoms with E-state index in [4.69, 9.17) is 9.72 Å². The highest BCUT2D eigenvalue weighted by Crippen LogP contribution is 2.30. The maximum absolute atomic E-state index is 12.6. The molecule has 2 heterocycles. The smallest absolute Gasteiger partial charge is 0.222 e. The van der Waals surface area contributed by atoms with Gasteiger partial charge >= 0.3 is 0 Å². The monoisotopic (exact) mass is 423 g/mol. The van der Waals surface area contributed by atoms with Crippen molar-refractivity contribution in [2.45, 2.75) is 33.1 Å². The molecular weight excluding hydrogens is 394 g/mol. The summed E-state index contributed by atoms with van der Waals surface area (Å²) in [4.78, 5) is 21.7. The zero-order valence-electron chi connectivity index (χ0n) is 17.8. The van der Waals surface area contributed by atoms with E-state index in [1.165, 1.54) is 10.3 Å². The molecule has 1 fully saturated rings. The Labute approximate surface area is 182 Å². The number of fused-ring (bicyclic) bond motifs is 1. The van der Waals surface area contributed by atoms with E-state index in [1.807, 2.05) is 36.1 Å². The van der Waals surface area contributed by atoms with Crippen LogP contribution in [0.1, 0.15) is 30.9 Å². The molecule has 0 aliphatic carbocycles. The molecule has 30 heavy (non-hydrogen) atoms. The average Bonchev–Trinajstić information content (AvgIpc) is 3.21. The van der Waals surface area contributed by atoms with Crippen LogP contribution in [0.3, 0.4) is 0 Å². The van der Waals surface area contributed by atoms with E-state index in [1.54, 1.807) is 11.3 Å². The van der Waals surface area contributed by atoms with Crippen LogP contribution in [0, 0.1) is 6.92 Å². The fourth-order valence-electron chi connectivity index (χ4n) is 3.74. The Bertz CT molecular complexity index is 1010. The highest BCUT2D eigenvalue weighted by Gasteiger charge is 2.22. The Hall–Kier alpha value is -2.60. The number of ether oxygens (including phenoxy) is 1. The molecule has 6 heteroatoms. The van der Waals surface area contributed by atoms with Crippen LogP contribution in [0.2, 0.25) is 0 Å². The number of rotatable bonds is 7. The first-order chi connectivity index (χ1) is 14.6. The highest BCUT2D eigenvalue weighted by atomic mass is 32.1. The van der Waals surface area contributed by atoms with Crippen molar-refractivity contribution in [3.8, 4) is 5.75 Å². The number of hydrogen-bond acceptors (Lipinski definition) is 5. The van der Waals surface area contributed by atoms with Crippen molar-refractivity contribution < 1.29 is 9.53 Å². The lowest BCUT2D eigenvalue weighted by Gasteiger charge is -2.34. The number of aromatic nitrogens is 1. The molecular formula is C24H29N3O2S. The Kier molecular flexibility index (Phi) is 6.53. The second kappa shape index (κ2) is 9.47. The number of piperazine rings is 1. The number of amides is 1. The summed E-state index contributed by atoms with van der Waals surface area (Å²) >= 11 is 1.75. The quantitative estimate of drug-likeness (QED) is 0.518. The van der Waals surface area contributed by atoms with E-state index >= 15 is 0 Å². The first kappa shape index (κ1) is 20.7. The van der Waals surface area contributed by atoms with Crippen LogP contribution in [0.4, 0.5) is 5.13 Å². The average molecular weight is 424 g/mol. The molecule has 3 aromatic rings. The van der Waals surface area contributed by atoms with Gasteiger partial charge in [-0.05, 0) is 49.1 Å². The number of para-hydroxylation sites is 1. The summed E-state index contributed by atoms with van der Waals surface area (Å²) in [5.74, 6) is 1.13. The van der Waals surface area contributed by atoms with Gasteiger partial charge in [-0.1, -0.05) is 42.5 Å². The highest BCUT2D eigenvalue weighted by molar-refractivity contribution is 7.22. The van der Waals surface area contributed by atoms with Crippen LogP contribution in [0.15, 0.2) is 42.5 Å². The molecule has 2 aromatic carbocycles. The fraction of sp³-hybridized carbons (Fsp3) is 0.417. The largest absolute Gasteiger partial charge is 0.493 e. The summed E-state index contributed by atoms with van der Waals surface area (Å²) in [6.45, 7) is 7.98. The second-order valence-electron chi connectivity index (χ2n) is 7.74. The SMILES string of the molecule is CCc1ccc2nc(N3CCN(C(=O)CCCOc4ccccc4C)CC3)sc2c1. The topological polar surface area (TPSA) is 45.7 Å². The van der Waals surface area contributed by atoms with Gasteiger partial charge in [0, 0.05) is 32.6 Å². The Morgan fingerprint density at radius 1 is 1.13 bits per heavy atom. The number of anilines is 1. The molecule has 158 valence electrons. The molecule has 1 aliphatic heterocycles. The van der Waals surface area contributed by atoms with Crippen molar-refractivity contribution in [1.82, 2.24) is 9.88 Å². The second-order valence-corrected chi connectivity index (χ2v) is 8.75. The molecule has 0 radical (unpaired) electrons. The Morgan fingerprint density at radius 2 is 1.93 bits per heavy atom. The van der Waals surface area contributed by atoms with Crippen molar-refractivity contribution >= 4 is 32.6 Å². The fourth-order valence-corrected chi connectivity index (χ4v) is 4.82. The van der Waals surface area contributed by atoms with Gasteiger partial charge in [-0.25, -0.2) is 4.98 Å². The molecule has 1 aromatic heterocycles. The molecule has 0 saturated carbocycles. The number of nitrogens with zero attached hydrogens (tertiary/aromatic N) is 3. The number of benzene rings is 2. The molecule has 0 spiro atoms. The van der Waals surface area contributed by atoms with E-state index in [0.29, 0.717) is 13.0 Å². The maximum atomic E-state index is 12.6. The summed E-state index contributed by atoms with van der Waals surface area (Å²) in [6.07, 6.45) is 2.32. The van der Waals surface area contributed by atoms with Crippen LogP contribution in [0.25, 0.3) is 10.2 Å². The van der Waals surface area contributed by atoms with Gasteiger partial charge in [0.2, 0.25) is 5.91 Å². The van der Waals surface area contributed by atoms with Gasteiger partial charge in [-0.15, -0.1) is 0 Å². The third-order valence-electron chi connectivity index (χ3n) is 5.64. The van der Waals surface area contributed by atoms with Crippen LogP contribution < -0.4 is 9.64 Å². The zero-order chi connectivity index (χ0) is 20.9. The zero-order valence-corrected chi connectivity index (χ0v) is 18.6. The molecule has 0 bridgehead atoms. The van der Waals surface area contributed by atoms with Gasteiger partial charge in [0.25, 0.3) is 0 Å². The van der Waals surface area contributed by atoms with Gasteiger partial charge < -0.3 is 14.5 Å². The minimum atomic E-state index is 0.222. The lowest BCUT2D eigenvalue weighted by Crippen LogP contribution is -2.48. The summed E-state index contributed by atoms with van der Waals surface area (Å²) < 4.78 is 7.06. The van der Waals surface area contributed by atoms with Gasteiger partial charge in [-0.3, -0.25) is 4.79 Å². The number of carbonyl (C=O) groups is 1. The molecule has 1 amide bonds. The minimum Gasteiger partial charge on any atom is -0.493 e. The first-order valence-corrected chi connectivity index (χ1v) is 11.6. The molecule has 1 saturated heterocycles. The standard InChI is InChI=1S/C24H29N3O2S/c1-3-19-10-11-20-22(17-19)30-24(25-20)27-14-12-26(13-15-27)23(28)9-6-16-29-21-8-5-4-7-18(21)2/h4-5,7-8,10-11,17H,3,6,9,12-16H2,1-2H3. The lowest BCUT2D eigenvalue weighted by atomic mass is 10.2. The van der Waals surface area contributed by atoms with Crippen LogP contribution in [-0.4, -0.2) is 48.6 Å².